The third-order valence-corrected chi connectivity index (χ3v) is 3.73. The highest BCUT2D eigenvalue weighted by molar-refractivity contribution is 6.31. The zero-order chi connectivity index (χ0) is 10.8. The van der Waals surface area contributed by atoms with Crippen LogP contribution in [0.15, 0.2) is 12.1 Å². The van der Waals surface area contributed by atoms with Crippen molar-refractivity contribution >= 4 is 11.6 Å². The van der Waals surface area contributed by atoms with E-state index < -0.39 is 0 Å². The molecule has 1 N–H and O–H groups in total. The van der Waals surface area contributed by atoms with Gasteiger partial charge >= 0.3 is 0 Å². The molecular formula is C13H18ClN. The molecule has 1 saturated heterocycles. The maximum absolute atomic E-state index is 6.19. The fourth-order valence-electron chi connectivity index (χ4n) is 2.41. The fraction of sp³-hybridized carbons (Fsp3) is 0.538. The number of piperidine rings is 1. The van der Waals surface area contributed by atoms with E-state index in [1.165, 1.54) is 29.5 Å². The van der Waals surface area contributed by atoms with Gasteiger partial charge in [0, 0.05) is 5.02 Å². The average molecular weight is 224 g/mol. The maximum atomic E-state index is 6.19. The van der Waals surface area contributed by atoms with Gasteiger partial charge in [-0.2, -0.15) is 0 Å². The number of benzene rings is 1. The Kier molecular flexibility index (Phi) is 3.32. The van der Waals surface area contributed by atoms with Gasteiger partial charge in [0.15, 0.2) is 0 Å². The number of hydrogen-bond acceptors (Lipinski definition) is 1. The van der Waals surface area contributed by atoms with Crippen molar-refractivity contribution in [1.82, 2.24) is 5.32 Å². The Morgan fingerprint density at radius 2 is 1.80 bits per heavy atom. The van der Waals surface area contributed by atoms with Gasteiger partial charge in [0.05, 0.1) is 0 Å². The lowest BCUT2D eigenvalue weighted by molar-refractivity contribution is 0.459. The lowest BCUT2D eigenvalue weighted by atomic mass is 9.87. The largest absolute Gasteiger partial charge is 0.317 e. The summed E-state index contributed by atoms with van der Waals surface area (Å²) in [6.45, 7) is 6.54. The SMILES string of the molecule is Cc1cc(C)c(C2CCNCC2)cc1Cl. The van der Waals surface area contributed by atoms with Crippen LogP contribution in [0.4, 0.5) is 0 Å². The molecule has 1 aliphatic rings. The Morgan fingerprint density at radius 1 is 1.13 bits per heavy atom. The van der Waals surface area contributed by atoms with Gasteiger partial charge in [0.25, 0.3) is 0 Å². The topological polar surface area (TPSA) is 12.0 Å². The van der Waals surface area contributed by atoms with Crippen LogP contribution in [0.5, 0.6) is 0 Å². The summed E-state index contributed by atoms with van der Waals surface area (Å²) in [5, 5.41) is 4.31. The van der Waals surface area contributed by atoms with Gasteiger partial charge in [0.1, 0.15) is 0 Å². The lowest BCUT2D eigenvalue weighted by Crippen LogP contribution is -2.27. The predicted octanol–water partition coefficient (Wildman–Crippen LogP) is 3.42. The summed E-state index contributed by atoms with van der Waals surface area (Å²) in [6.07, 6.45) is 2.47. The van der Waals surface area contributed by atoms with E-state index in [4.69, 9.17) is 11.6 Å². The van der Waals surface area contributed by atoms with Crippen LogP contribution in [0.1, 0.15) is 35.4 Å². The molecule has 1 heterocycles. The van der Waals surface area contributed by atoms with Gasteiger partial charge in [0.2, 0.25) is 0 Å². The standard InChI is InChI=1S/C13H18ClN/c1-9-7-10(2)13(14)8-12(9)11-3-5-15-6-4-11/h7-8,11,15H,3-6H2,1-2H3. The van der Waals surface area contributed by atoms with Crippen molar-refractivity contribution in [1.29, 1.82) is 0 Å². The molecule has 1 fully saturated rings. The number of halogens is 1. The Bertz CT molecular complexity index is 354. The molecule has 0 atom stereocenters. The lowest BCUT2D eigenvalue weighted by Gasteiger charge is -2.25. The Hall–Kier alpha value is -0.530. The van der Waals surface area contributed by atoms with E-state index in [0.29, 0.717) is 5.92 Å². The van der Waals surface area contributed by atoms with Gasteiger partial charge in [-0.3, -0.25) is 0 Å². The van der Waals surface area contributed by atoms with Crippen molar-refractivity contribution in [3.05, 3.63) is 33.8 Å². The van der Waals surface area contributed by atoms with Gasteiger partial charge in [-0.25, -0.2) is 0 Å². The van der Waals surface area contributed by atoms with E-state index in [1.54, 1.807) is 0 Å². The maximum Gasteiger partial charge on any atom is 0.0438 e. The summed E-state index contributed by atoms with van der Waals surface area (Å²) in [6, 6.07) is 4.38. The van der Waals surface area contributed by atoms with Crippen molar-refractivity contribution in [3.63, 3.8) is 0 Å². The summed E-state index contributed by atoms with van der Waals surface area (Å²) in [5.74, 6) is 0.698. The van der Waals surface area contributed by atoms with Gasteiger partial charge < -0.3 is 5.32 Å². The molecule has 1 nitrogen and oxygen atoms in total. The third kappa shape index (κ3) is 2.35. The summed E-state index contributed by atoms with van der Waals surface area (Å²) in [5.41, 5.74) is 4.03. The Balaban J connectivity index is 2.30. The first-order chi connectivity index (χ1) is 7.18. The minimum atomic E-state index is 0.698. The molecule has 0 aliphatic carbocycles. The number of nitrogens with one attached hydrogen (secondary N) is 1. The molecule has 0 spiro atoms. The first-order valence-electron chi connectivity index (χ1n) is 5.66. The van der Waals surface area contributed by atoms with Crippen LogP contribution in [0.2, 0.25) is 5.02 Å². The monoisotopic (exact) mass is 223 g/mol. The van der Waals surface area contributed by atoms with E-state index in [1.807, 2.05) is 0 Å². The van der Waals surface area contributed by atoms with E-state index in [9.17, 15) is 0 Å². The molecule has 15 heavy (non-hydrogen) atoms. The van der Waals surface area contributed by atoms with Gasteiger partial charge in [-0.15, -0.1) is 0 Å². The van der Waals surface area contributed by atoms with Gasteiger partial charge in [-0.05, 0) is 68.5 Å². The van der Waals surface area contributed by atoms with Crippen LogP contribution in [0, 0.1) is 13.8 Å². The molecule has 2 rings (SSSR count). The van der Waals surface area contributed by atoms with E-state index in [0.717, 1.165) is 18.1 Å². The molecular weight excluding hydrogens is 206 g/mol. The highest BCUT2D eigenvalue weighted by atomic mass is 35.5. The summed E-state index contributed by atoms with van der Waals surface area (Å²) in [4.78, 5) is 0. The van der Waals surface area contributed by atoms with Gasteiger partial charge in [-0.1, -0.05) is 17.7 Å². The first kappa shape index (κ1) is 11.0. The van der Waals surface area contributed by atoms with Crippen LogP contribution in [0.3, 0.4) is 0 Å². The van der Waals surface area contributed by atoms with E-state index >= 15 is 0 Å². The van der Waals surface area contributed by atoms with E-state index in [2.05, 4.69) is 31.3 Å². The fourth-order valence-corrected chi connectivity index (χ4v) is 2.59. The second kappa shape index (κ2) is 4.54. The molecule has 1 aromatic rings. The molecule has 0 saturated carbocycles. The third-order valence-electron chi connectivity index (χ3n) is 3.33. The summed E-state index contributed by atoms with van der Waals surface area (Å²) >= 11 is 6.19. The molecule has 0 amide bonds. The zero-order valence-electron chi connectivity index (χ0n) is 9.44. The van der Waals surface area contributed by atoms with Crippen molar-refractivity contribution in [2.45, 2.75) is 32.6 Å². The molecule has 1 aromatic carbocycles. The number of hydrogen-bond donors (Lipinski definition) is 1. The Labute approximate surface area is 96.8 Å². The predicted molar refractivity (Wildman–Crippen MR) is 65.8 cm³/mol. The van der Waals surface area contributed by atoms with Crippen molar-refractivity contribution in [2.24, 2.45) is 0 Å². The van der Waals surface area contributed by atoms with Crippen molar-refractivity contribution < 1.29 is 0 Å². The van der Waals surface area contributed by atoms with Crippen molar-refractivity contribution in [2.75, 3.05) is 13.1 Å². The van der Waals surface area contributed by atoms with Crippen LogP contribution in [0.25, 0.3) is 0 Å². The van der Waals surface area contributed by atoms with Crippen LogP contribution >= 0.6 is 11.6 Å². The second-order valence-electron chi connectivity index (χ2n) is 4.48. The minimum Gasteiger partial charge on any atom is -0.317 e. The molecule has 1 aliphatic heterocycles. The molecule has 2 heteroatoms. The zero-order valence-corrected chi connectivity index (χ0v) is 10.2. The second-order valence-corrected chi connectivity index (χ2v) is 4.89. The number of rotatable bonds is 1. The molecule has 82 valence electrons. The minimum absolute atomic E-state index is 0.698. The average Bonchev–Trinajstić information content (AvgIpc) is 2.25. The smallest absolute Gasteiger partial charge is 0.0438 e. The van der Waals surface area contributed by atoms with Crippen LogP contribution in [-0.4, -0.2) is 13.1 Å². The quantitative estimate of drug-likeness (QED) is 0.770. The highest BCUT2D eigenvalue weighted by Gasteiger charge is 2.17. The van der Waals surface area contributed by atoms with E-state index in [-0.39, 0.29) is 0 Å². The number of aryl methyl sites for hydroxylation is 2. The normalized spacial score (nSPS) is 18.1. The summed E-state index contributed by atoms with van der Waals surface area (Å²) in [7, 11) is 0. The Morgan fingerprint density at radius 3 is 2.47 bits per heavy atom. The molecule has 0 unspecified atom stereocenters. The molecule has 0 bridgehead atoms. The highest BCUT2D eigenvalue weighted by Crippen LogP contribution is 2.31. The van der Waals surface area contributed by atoms with Crippen LogP contribution < -0.4 is 5.32 Å². The molecule has 0 aromatic heterocycles. The van der Waals surface area contributed by atoms with Crippen LogP contribution in [-0.2, 0) is 0 Å². The van der Waals surface area contributed by atoms with Crippen molar-refractivity contribution in [3.8, 4) is 0 Å². The first-order valence-corrected chi connectivity index (χ1v) is 6.03. The molecule has 0 radical (unpaired) electrons. The summed E-state index contributed by atoms with van der Waals surface area (Å²) < 4.78 is 0.